The molecule has 0 spiro atoms. The maximum Gasteiger partial charge on any atom is 0.243 e. The van der Waals surface area contributed by atoms with Crippen molar-refractivity contribution in [1.29, 1.82) is 0 Å². The summed E-state index contributed by atoms with van der Waals surface area (Å²) in [5.41, 5.74) is 2.93. The fourth-order valence-corrected chi connectivity index (χ4v) is 3.06. The van der Waals surface area contributed by atoms with Crippen LogP contribution in [0.4, 0.5) is 11.4 Å². The first-order chi connectivity index (χ1) is 15.6. The van der Waals surface area contributed by atoms with Crippen LogP contribution in [0.25, 0.3) is 0 Å². The van der Waals surface area contributed by atoms with E-state index in [0.29, 0.717) is 19.1 Å². The van der Waals surface area contributed by atoms with Crippen LogP contribution in [0.2, 0.25) is 0 Å². The van der Waals surface area contributed by atoms with E-state index in [4.69, 9.17) is 9.47 Å². The van der Waals surface area contributed by atoms with Crippen molar-refractivity contribution in [2.24, 2.45) is 5.92 Å². The van der Waals surface area contributed by atoms with E-state index in [1.165, 1.54) is 5.56 Å². The Kier molecular flexibility index (Phi) is 8.99. The molecule has 0 saturated carbocycles. The van der Waals surface area contributed by atoms with E-state index in [1.807, 2.05) is 54.6 Å². The third kappa shape index (κ3) is 8.34. The molecule has 5 heteroatoms. The first-order valence-electron chi connectivity index (χ1n) is 11.1. The Morgan fingerprint density at radius 1 is 0.812 bits per heavy atom. The highest BCUT2D eigenvalue weighted by atomic mass is 16.5. The SMILES string of the molecule is CC(C)COc1ccc(NCC(=O)Nc2ccc(OCCCc3ccccc3)cc2)cc1. The van der Waals surface area contributed by atoms with Gasteiger partial charge in [0.25, 0.3) is 0 Å². The molecule has 2 N–H and O–H groups in total. The number of carbonyl (C=O) groups is 1. The number of rotatable bonds is 12. The van der Waals surface area contributed by atoms with Gasteiger partial charge in [0.15, 0.2) is 0 Å². The van der Waals surface area contributed by atoms with Gasteiger partial charge in [-0.3, -0.25) is 4.79 Å². The van der Waals surface area contributed by atoms with Crippen molar-refractivity contribution < 1.29 is 14.3 Å². The summed E-state index contributed by atoms with van der Waals surface area (Å²) in [6, 6.07) is 25.5. The third-order valence-electron chi connectivity index (χ3n) is 4.75. The predicted molar refractivity (Wildman–Crippen MR) is 131 cm³/mol. The molecule has 5 nitrogen and oxygen atoms in total. The van der Waals surface area contributed by atoms with Crippen molar-refractivity contribution in [3.8, 4) is 11.5 Å². The number of ether oxygens (including phenoxy) is 2. The molecule has 168 valence electrons. The number of aryl methyl sites for hydroxylation is 1. The number of benzene rings is 3. The average molecular weight is 433 g/mol. The van der Waals surface area contributed by atoms with Gasteiger partial charge in [-0.2, -0.15) is 0 Å². The van der Waals surface area contributed by atoms with Gasteiger partial charge in [0.1, 0.15) is 11.5 Å². The first kappa shape index (κ1) is 23.2. The summed E-state index contributed by atoms with van der Waals surface area (Å²) in [4.78, 5) is 12.2. The molecule has 3 aromatic carbocycles. The maximum atomic E-state index is 12.2. The summed E-state index contributed by atoms with van der Waals surface area (Å²) in [7, 11) is 0. The van der Waals surface area contributed by atoms with Crippen LogP contribution in [0, 0.1) is 5.92 Å². The van der Waals surface area contributed by atoms with Gasteiger partial charge in [0.05, 0.1) is 19.8 Å². The van der Waals surface area contributed by atoms with E-state index in [0.717, 1.165) is 35.7 Å². The second-order valence-electron chi connectivity index (χ2n) is 8.09. The minimum atomic E-state index is -0.110. The van der Waals surface area contributed by atoms with Crippen LogP contribution in [-0.4, -0.2) is 25.7 Å². The maximum absolute atomic E-state index is 12.2. The highest BCUT2D eigenvalue weighted by molar-refractivity contribution is 5.93. The molecule has 1 amide bonds. The second-order valence-corrected chi connectivity index (χ2v) is 8.09. The Bertz CT molecular complexity index is 939. The fraction of sp³-hybridized carbons (Fsp3) is 0.296. The second kappa shape index (κ2) is 12.4. The molecule has 0 aliphatic heterocycles. The molecule has 0 aliphatic carbocycles. The lowest BCUT2D eigenvalue weighted by Crippen LogP contribution is -2.21. The van der Waals surface area contributed by atoms with Crippen LogP contribution in [0.15, 0.2) is 78.9 Å². The number of hydrogen-bond acceptors (Lipinski definition) is 4. The summed E-state index contributed by atoms with van der Waals surface area (Å²) < 4.78 is 11.5. The number of hydrogen-bond donors (Lipinski definition) is 2. The van der Waals surface area contributed by atoms with Crippen molar-refractivity contribution in [2.75, 3.05) is 30.4 Å². The molecule has 0 unspecified atom stereocenters. The van der Waals surface area contributed by atoms with Gasteiger partial charge in [-0.05, 0) is 72.9 Å². The monoisotopic (exact) mass is 432 g/mol. The smallest absolute Gasteiger partial charge is 0.243 e. The molecule has 0 radical (unpaired) electrons. The van der Waals surface area contributed by atoms with Gasteiger partial charge in [0, 0.05) is 11.4 Å². The molecule has 0 atom stereocenters. The number of anilines is 2. The van der Waals surface area contributed by atoms with Gasteiger partial charge in [-0.1, -0.05) is 44.2 Å². The predicted octanol–water partition coefficient (Wildman–Crippen LogP) is 5.78. The molecule has 3 aromatic rings. The molecule has 3 rings (SSSR count). The fourth-order valence-electron chi connectivity index (χ4n) is 3.06. The minimum absolute atomic E-state index is 0.110. The highest BCUT2D eigenvalue weighted by Gasteiger charge is 2.04. The lowest BCUT2D eigenvalue weighted by Gasteiger charge is -2.11. The van der Waals surface area contributed by atoms with E-state index in [-0.39, 0.29) is 12.5 Å². The van der Waals surface area contributed by atoms with E-state index < -0.39 is 0 Å². The number of carbonyl (C=O) groups excluding carboxylic acids is 1. The van der Waals surface area contributed by atoms with Crippen LogP contribution < -0.4 is 20.1 Å². The van der Waals surface area contributed by atoms with Crippen molar-refractivity contribution in [3.63, 3.8) is 0 Å². The van der Waals surface area contributed by atoms with E-state index in [9.17, 15) is 4.79 Å². The van der Waals surface area contributed by atoms with Gasteiger partial charge in [-0.25, -0.2) is 0 Å². The average Bonchev–Trinajstić information content (AvgIpc) is 2.81. The van der Waals surface area contributed by atoms with Crippen LogP contribution >= 0.6 is 0 Å². The van der Waals surface area contributed by atoms with Crippen molar-refractivity contribution in [1.82, 2.24) is 0 Å². The Labute approximate surface area is 190 Å². The van der Waals surface area contributed by atoms with E-state index in [1.54, 1.807) is 0 Å². The third-order valence-corrected chi connectivity index (χ3v) is 4.75. The molecule has 0 saturated heterocycles. The zero-order valence-corrected chi connectivity index (χ0v) is 18.8. The summed E-state index contributed by atoms with van der Waals surface area (Å²) in [5, 5.41) is 6.01. The van der Waals surface area contributed by atoms with Crippen molar-refractivity contribution >= 4 is 17.3 Å². The van der Waals surface area contributed by atoms with Crippen molar-refractivity contribution in [2.45, 2.75) is 26.7 Å². The Morgan fingerprint density at radius 3 is 2.09 bits per heavy atom. The number of nitrogens with one attached hydrogen (secondary N) is 2. The number of amides is 1. The van der Waals surface area contributed by atoms with Crippen LogP contribution in [0.5, 0.6) is 11.5 Å². The summed E-state index contributed by atoms with van der Waals surface area (Å²) >= 11 is 0. The lowest BCUT2D eigenvalue weighted by atomic mass is 10.1. The van der Waals surface area contributed by atoms with Crippen LogP contribution in [-0.2, 0) is 11.2 Å². The van der Waals surface area contributed by atoms with Gasteiger partial charge >= 0.3 is 0 Å². The summed E-state index contributed by atoms with van der Waals surface area (Å²) in [5.74, 6) is 2.00. The standard InChI is InChI=1S/C27H32N2O3/c1-21(2)20-32-26-14-10-23(11-15-26)28-19-27(30)29-24-12-16-25(17-13-24)31-18-6-9-22-7-4-3-5-8-22/h3-5,7-8,10-17,21,28H,6,9,18-20H2,1-2H3,(H,29,30). The molecule has 0 bridgehead atoms. The van der Waals surface area contributed by atoms with Gasteiger partial charge in [-0.15, -0.1) is 0 Å². The van der Waals surface area contributed by atoms with Gasteiger partial charge in [0.2, 0.25) is 5.91 Å². The topological polar surface area (TPSA) is 59.6 Å². The van der Waals surface area contributed by atoms with Crippen LogP contribution in [0.3, 0.4) is 0 Å². The zero-order chi connectivity index (χ0) is 22.6. The molecular formula is C27H32N2O3. The Balaban J connectivity index is 1.35. The summed E-state index contributed by atoms with van der Waals surface area (Å²) in [6.45, 7) is 5.76. The van der Waals surface area contributed by atoms with Crippen LogP contribution in [0.1, 0.15) is 25.8 Å². The first-order valence-corrected chi connectivity index (χ1v) is 11.1. The molecule has 0 aromatic heterocycles. The minimum Gasteiger partial charge on any atom is -0.494 e. The normalized spacial score (nSPS) is 10.6. The van der Waals surface area contributed by atoms with E-state index in [2.05, 4.69) is 48.7 Å². The van der Waals surface area contributed by atoms with Crippen molar-refractivity contribution in [3.05, 3.63) is 84.4 Å². The Hall–Kier alpha value is -3.47. The quantitative estimate of drug-likeness (QED) is 0.356. The molecule has 0 heterocycles. The van der Waals surface area contributed by atoms with Gasteiger partial charge < -0.3 is 20.1 Å². The largest absolute Gasteiger partial charge is 0.494 e. The molecular weight excluding hydrogens is 400 g/mol. The highest BCUT2D eigenvalue weighted by Crippen LogP contribution is 2.18. The molecule has 0 aliphatic rings. The summed E-state index contributed by atoms with van der Waals surface area (Å²) in [6.07, 6.45) is 1.95. The zero-order valence-electron chi connectivity index (χ0n) is 18.8. The van der Waals surface area contributed by atoms with E-state index >= 15 is 0 Å². The molecule has 0 fully saturated rings. The Morgan fingerprint density at radius 2 is 1.44 bits per heavy atom. The molecule has 32 heavy (non-hydrogen) atoms. The lowest BCUT2D eigenvalue weighted by molar-refractivity contribution is -0.114.